The zero-order valence-electron chi connectivity index (χ0n) is 17.3. The number of nitrogens with one attached hydrogen (secondary N) is 1. The van der Waals surface area contributed by atoms with Crippen molar-refractivity contribution in [3.63, 3.8) is 0 Å². The lowest BCUT2D eigenvalue weighted by atomic mass is 9.98. The molecule has 0 spiro atoms. The molecule has 0 radical (unpaired) electrons. The summed E-state index contributed by atoms with van der Waals surface area (Å²) < 4.78 is 4.96. The summed E-state index contributed by atoms with van der Waals surface area (Å²) in [5.74, 6) is -2.17. The number of carbonyl (C=O) groups is 4. The van der Waals surface area contributed by atoms with Crippen molar-refractivity contribution in [3.8, 4) is 0 Å². The van der Waals surface area contributed by atoms with E-state index in [-0.39, 0.29) is 24.0 Å². The van der Waals surface area contributed by atoms with E-state index >= 15 is 0 Å². The van der Waals surface area contributed by atoms with Gasteiger partial charge in [0.25, 0.3) is 5.91 Å². The molecule has 3 heterocycles. The molecule has 0 aromatic heterocycles. The van der Waals surface area contributed by atoms with Gasteiger partial charge in [0.1, 0.15) is 29.8 Å². The number of aliphatic carboxylic acids is 1. The molecule has 0 aliphatic carbocycles. The number of amides is 2. The van der Waals surface area contributed by atoms with Crippen LogP contribution in [0.15, 0.2) is 41.6 Å². The average Bonchev–Trinajstić information content (AvgIpc) is 2.96. The van der Waals surface area contributed by atoms with E-state index in [4.69, 9.17) is 4.74 Å². The van der Waals surface area contributed by atoms with Crippen molar-refractivity contribution >= 4 is 35.5 Å². The Labute approximate surface area is 183 Å². The van der Waals surface area contributed by atoms with Gasteiger partial charge in [-0.25, -0.2) is 4.79 Å². The van der Waals surface area contributed by atoms with E-state index in [1.54, 1.807) is 0 Å². The number of rotatable bonds is 5. The summed E-state index contributed by atoms with van der Waals surface area (Å²) >= 11 is 1.36. The van der Waals surface area contributed by atoms with Crippen molar-refractivity contribution in [3.05, 3.63) is 47.2 Å². The molecule has 3 aliphatic heterocycles. The van der Waals surface area contributed by atoms with Crippen LogP contribution in [0.4, 0.5) is 0 Å². The Hall–Kier alpha value is -2.85. The number of carbonyl (C=O) groups excluding carboxylic acids is 3. The van der Waals surface area contributed by atoms with Crippen LogP contribution in [0.2, 0.25) is 0 Å². The predicted octanol–water partition coefficient (Wildman–Crippen LogP) is 1.08. The third kappa shape index (κ3) is 3.49. The summed E-state index contributed by atoms with van der Waals surface area (Å²) in [4.78, 5) is 52.3. The van der Waals surface area contributed by atoms with Gasteiger partial charge in [-0.15, -0.1) is 11.8 Å². The Bertz CT molecular complexity index is 992. The number of hydrogen-bond acceptors (Lipinski definition) is 7. The molecule has 0 saturated carbocycles. The van der Waals surface area contributed by atoms with Crippen LogP contribution < -0.4 is 5.32 Å². The van der Waals surface area contributed by atoms with Crippen LogP contribution in [0.3, 0.4) is 0 Å². The first-order chi connectivity index (χ1) is 14.6. The van der Waals surface area contributed by atoms with Crippen LogP contribution in [0.5, 0.6) is 0 Å². The third-order valence-electron chi connectivity index (χ3n) is 5.67. The molecule has 164 valence electrons. The van der Waals surface area contributed by atoms with E-state index in [1.807, 2.05) is 44.2 Å². The van der Waals surface area contributed by atoms with Crippen LogP contribution >= 0.6 is 11.8 Å². The fraction of sp³-hybridized carbons (Fsp3) is 0.429. The molecule has 9 nitrogen and oxygen atoms in total. The second kappa shape index (κ2) is 7.69. The van der Waals surface area contributed by atoms with Crippen molar-refractivity contribution in [1.29, 1.82) is 0 Å². The quantitative estimate of drug-likeness (QED) is 0.511. The topological polar surface area (TPSA) is 116 Å². The molecule has 2 N–H and O–H groups in total. The molecule has 3 aliphatic rings. The molecule has 0 bridgehead atoms. The number of β-lactam (4-membered cyclic amide) rings is 1. The molecule has 2 saturated heterocycles. The van der Waals surface area contributed by atoms with Gasteiger partial charge >= 0.3 is 11.9 Å². The molecule has 10 heteroatoms. The Balaban J connectivity index is 1.62. The first-order valence-electron chi connectivity index (χ1n) is 9.82. The summed E-state index contributed by atoms with van der Waals surface area (Å²) in [6, 6.07) is 7.91. The monoisotopic (exact) mass is 445 g/mol. The second-order valence-electron chi connectivity index (χ2n) is 8.15. The normalized spacial score (nSPS) is 27.1. The zero-order chi connectivity index (χ0) is 22.5. The standard InChI is InChI=1S/C21H23N3O6S/c1-11(25)30-9-13-10-31-19-16(18(27)23(19)15(13)20(28)29)24-17(26)14(22-21(24,2)3)12-7-5-4-6-8-12/h4-8,14,16,19,22H,9-10H2,1-3H3,(H,28,29)/t14?,16-,19-/m1/s1. The molecule has 1 aromatic rings. The van der Waals surface area contributed by atoms with Gasteiger partial charge < -0.3 is 14.7 Å². The number of carboxylic acids is 1. The number of carboxylic acid groups (broad SMARTS) is 1. The number of thioether (sulfide) groups is 1. The van der Waals surface area contributed by atoms with E-state index in [1.165, 1.54) is 28.5 Å². The predicted molar refractivity (Wildman–Crippen MR) is 111 cm³/mol. The number of fused-ring (bicyclic) bond motifs is 1. The smallest absolute Gasteiger partial charge is 0.352 e. The molecule has 2 amide bonds. The Morgan fingerprint density at radius 3 is 2.52 bits per heavy atom. The largest absolute Gasteiger partial charge is 0.477 e. The van der Waals surface area contributed by atoms with Gasteiger partial charge in [0.15, 0.2) is 0 Å². The number of hydrogen-bond donors (Lipinski definition) is 2. The van der Waals surface area contributed by atoms with Gasteiger partial charge in [0.2, 0.25) is 5.91 Å². The maximum atomic E-state index is 13.3. The number of ether oxygens (including phenoxy) is 1. The van der Waals surface area contributed by atoms with Crippen molar-refractivity contribution in [2.45, 2.75) is 43.9 Å². The van der Waals surface area contributed by atoms with Crippen molar-refractivity contribution in [2.24, 2.45) is 0 Å². The van der Waals surface area contributed by atoms with Crippen LogP contribution in [-0.4, -0.2) is 68.1 Å². The van der Waals surface area contributed by atoms with Crippen LogP contribution in [-0.2, 0) is 23.9 Å². The Morgan fingerprint density at radius 1 is 1.23 bits per heavy atom. The minimum atomic E-state index is -1.26. The highest BCUT2D eigenvalue weighted by atomic mass is 32.2. The van der Waals surface area contributed by atoms with Crippen molar-refractivity contribution in [2.75, 3.05) is 12.4 Å². The maximum absolute atomic E-state index is 13.3. The van der Waals surface area contributed by atoms with Crippen LogP contribution in [0, 0.1) is 0 Å². The van der Waals surface area contributed by atoms with E-state index in [2.05, 4.69) is 5.32 Å². The van der Waals surface area contributed by atoms with Crippen molar-refractivity contribution < 1.29 is 29.0 Å². The summed E-state index contributed by atoms with van der Waals surface area (Å²) in [7, 11) is 0. The highest BCUT2D eigenvalue weighted by Gasteiger charge is 2.62. The lowest BCUT2D eigenvalue weighted by Crippen LogP contribution is -2.73. The van der Waals surface area contributed by atoms with E-state index < -0.39 is 41.0 Å². The van der Waals surface area contributed by atoms with E-state index in [9.17, 15) is 24.3 Å². The molecule has 1 aromatic carbocycles. The van der Waals surface area contributed by atoms with E-state index in [0.717, 1.165) is 5.56 Å². The molecule has 31 heavy (non-hydrogen) atoms. The summed E-state index contributed by atoms with van der Waals surface area (Å²) in [5.41, 5.74) is 0.208. The highest BCUT2D eigenvalue weighted by molar-refractivity contribution is 8.00. The van der Waals surface area contributed by atoms with Gasteiger partial charge in [-0.05, 0) is 19.4 Å². The zero-order valence-corrected chi connectivity index (χ0v) is 18.1. The lowest BCUT2D eigenvalue weighted by Gasteiger charge is -2.54. The molecular weight excluding hydrogens is 422 g/mol. The molecule has 2 fully saturated rings. The van der Waals surface area contributed by atoms with Gasteiger partial charge in [-0.2, -0.15) is 0 Å². The Morgan fingerprint density at radius 2 is 1.90 bits per heavy atom. The minimum Gasteiger partial charge on any atom is -0.477 e. The van der Waals surface area contributed by atoms with Crippen molar-refractivity contribution in [1.82, 2.24) is 15.1 Å². The molecular formula is C21H23N3O6S. The van der Waals surface area contributed by atoms with E-state index in [0.29, 0.717) is 5.57 Å². The highest BCUT2D eigenvalue weighted by Crippen LogP contribution is 2.46. The summed E-state index contributed by atoms with van der Waals surface area (Å²) in [5, 5.41) is 12.5. The van der Waals surface area contributed by atoms with Gasteiger partial charge in [0.05, 0.1) is 5.66 Å². The number of benzene rings is 1. The summed E-state index contributed by atoms with van der Waals surface area (Å²) in [6.07, 6.45) is 0. The molecule has 3 atom stereocenters. The maximum Gasteiger partial charge on any atom is 0.352 e. The second-order valence-corrected chi connectivity index (χ2v) is 9.25. The SMILES string of the molecule is CC(=O)OCC1=C(C(=O)O)N2C(=O)[C@@H](N3C(=O)C(c4ccccc4)NC3(C)C)[C@H]2SC1. The first-order valence-corrected chi connectivity index (χ1v) is 10.9. The van der Waals surface area contributed by atoms with Crippen LogP contribution in [0.1, 0.15) is 32.4 Å². The molecule has 4 rings (SSSR count). The van der Waals surface area contributed by atoms with Gasteiger partial charge in [0, 0.05) is 18.2 Å². The van der Waals surface area contributed by atoms with Gasteiger partial charge in [-0.3, -0.25) is 24.6 Å². The fourth-order valence-corrected chi connectivity index (χ4v) is 5.69. The first kappa shape index (κ1) is 21.4. The number of esters is 1. The van der Waals surface area contributed by atoms with Crippen LogP contribution in [0.25, 0.3) is 0 Å². The van der Waals surface area contributed by atoms with Gasteiger partial charge in [-0.1, -0.05) is 30.3 Å². The fourth-order valence-electron chi connectivity index (χ4n) is 4.32. The summed E-state index contributed by atoms with van der Waals surface area (Å²) in [6.45, 7) is 4.72. The minimum absolute atomic E-state index is 0.164. The molecule has 1 unspecified atom stereocenters. The lowest BCUT2D eigenvalue weighted by molar-refractivity contribution is -0.162. The average molecular weight is 445 g/mol. The Kier molecular flexibility index (Phi) is 5.30. The number of nitrogens with zero attached hydrogens (tertiary/aromatic N) is 2. The third-order valence-corrected chi connectivity index (χ3v) is 6.99.